The van der Waals surface area contributed by atoms with E-state index in [1.807, 2.05) is 25.1 Å². The minimum Gasteiger partial charge on any atom is -0.768 e. The van der Waals surface area contributed by atoms with Crippen LogP contribution in [0.5, 0.6) is 0 Å². The van der Waals surface area contributed by atoms with Crippen molar-refractivity contribution in [3.05, 3.63) is 88.5 Å². The van der Waals surface area contributed by atoms with Crippen LogP contribution >= 0.6 is 0 Å². The number of carbonyl (C=O) groups excluding carboxylic acids is 3. The topological polar surface area (TPSA) is 145 Å². The third-order valence-corrected chi connectivity index (χ3v) is 7.56. The lowest BCUT2D eigenvalue weighted by atomic mass is 9.94. The summed E-state index contributed by atoms with van der Waals surface area (Å²) in [6.45, 7) is 2.03. The first kappa shape index (κ1) is 28.0. The van der Waals surface area contributed by atoms with E-state index in [1.165, 1.54) is 11.0 Å². The smallest absolute Gasteiger partial charge is 0.249 e. The van der Waals surface area contributed by atoms with Crippen molar-refractivity contribution in [1.29, 1.82) is 0 Å². The average Bonchev–Trinajstić information content (AvgIpc) is 2.91. The van der Waals surface area contributed by atoms with Crippen LogP contribution in [-0.2, 0) is 40.1 Å². The number of likely N-dealkylation sites (N-methyl/N-ethyl adjacent to an activating group) is 1. The Balaban J connectivity index is 1.79. The predicted octanol–water partition coefficient (Wildman–Crippen LogP) is 3.67. The third-order valence-electron chi connectivity index (χ3n) is 6.81. The van der Waals surface area contributed by atoms with Crippen molar-refractivity contribution in [2.75, 3.05) is 17.7 Å². The summed E-state index contributed by atoms with van der Waals surface area (Å²) in [6.07, 6.45) is 2.39. The molecule has 2 atom stereocenters. The number of benzene rings is 3. The van der Waals surface area contributed by atoms with Crippen molar-refractivity contribution in [2.24, 2.45) is 5.73 Å². The first-order valence-electron chi connectivity index (χ1n) is 12.7. The molecule has 5 rings (SSSR count). The van der Waals surface area contributed by atoms with Crippen molar-refractivity contribution >= 4 is 40.2 Å². The summed E-state index contributed by atoms with van der Waals surface area (Å²) in [5, 5.41) is 6.10. The molecule has 2 aliphatic rings. The summed E-state index contributed by atoms with van der Waals surface area (Å²) in [5.41, 5.74) is 10.1. The molecule has 2 aliphatic heterocycles. The van der Waals surface area contributed by atoms with Gasteiger partial charge in [0.1, 0.15) is 6.04 Å². The van der Waals surface area contributed by atoms with E-state index in [4.69, 9.17) is 5.73 Å². The number of hydrogen-bond acceptors (Lipinski definition) is 6. The quantitative estimate of drug-likeness (QED) is 0.416. The molecule has 9 nitrogen and oxygen atoms in total. The highest BCUT2D eigenvalue weighted by Crippen LogP contribution is 2.28. The van der Waals surface area contributed by atoms with Crippen molar-refractivity contribution < 1.29 is 23.1 Å². The van der Waals surface area contributed by atoms with Gasteiger partial charge >= 0.3 is 0 Å². The van der Waals surface area contributed by atoms with Gasteiger partial charge in [-0.25, -0.2) is 0 Å². The van der Waals surface area contributed by atoms with Gasteiger partial charge in [-0.05, 0) is 89.0 Å². The molecule has 0 spiro atoms. The number of anilines is 2. The van der Waals surface area contributed by atoms with Gasteiger partial charge in [-0.2, -0.15) is 0 Å². The Kier molecular flexibility index (Phi) is 8.78. The fourth-order valence-electron chi connectivity index (χ4n) is 4.78. The second-order valence-electron chi connectivity index (χ2n) is 9.56. The molecule has 2 heterocycles. The zero-order valence-electron chi connectivity index (χ0n) is 21.9. The Morgan fingerprint density at radius 3 is 2.62 bits per heavy atom. The fourth-order valence-corrected chi connectivity index (χ4v) is 5.29. The lowest BCUT2D eigenvalue weighted by Crippen LogP contribution is -2.35. The van der Waals surface area contributed by atoms with E-state index in [9.17, 15) is 23.1 Å². The number of primary amides is 1. The summed E-state index contributed by atoms with van der Waals surface area (Å²) in [5.74, 6) is -1.05. The summed E-state index contributed by atoms with van der Waals surface area (Å²) < 4.78 is 23.9. The van der Waals surface area contributed by atoms with E-state index in [2.05, 4.69) is 10.6 Å². The number of aryl methyl sites for hydroxylation is 2. The van der Waals surface area contributed by atoms with E-state index in [0.29, 0.717) is 41.8 Å². The number of rotatable bonds is 5. The number of nitrogens with two attached hydrogens (primary N) is 1. The molecule has 0 saturated heterocycles. The molecule has 3 aromatic carbocycles. The maximum absolute atomic E-state index is 13.9. The van der Waals surface area contributed by atoms with E-state index < -0.39 is 23.0 Å². The fraction of sp³-hybridized carbons (Fsp3) is 0.276. The minimum atomic E-state index is -2.54. The van der Waals surface area contributed by atoms with Gasteiger partial charge in [0.05, 0.1) is 0 Å². The average molecular weight is 548 g/mol. The highest BCUT2D eigenvalue weighted by Gasteiger charge is 2.26. The van der Waals surface area contributed by atoms with Gasteiger partial charge in [0, 0.05) is 41.8 Å². The van der Waals surface area contributed by atoms with E-state index in [-0.39, 0.29) is 23.3 Å². The summed E-state index contributed by atoms with van der Waals surface area (Å²) in [7, 11) is 1.60. The van der Waals surface area contributed by atoms with Crippen molar-refractivity contribution in [1.82, 2.24) is 4.90 Å². The molecule has 39 heavy (non-hydrogen) atoms. The summed E-state index contributed by atoms with van der Waals surface area (Å²) >= 11 is -2.54. The van der Waals surface area contributed by atoms with Gasteiger partial charge in [0.2, 0.25) is 17.7 Å². The summed E-state index contributed by atoms with van der Waals surface area (Å²) in [6, 6.07) is 16.2. The van der Waals surface area contributed by atoms with Crippen LogP contribution in [0.25, 0.3) is 0 Å². The van der Waals surface area contributed by atoms with E-state index in [0.717, 1.165) is 23.1 Å². The lowest BCUT2D eigenvalue weighted by Gasteiger charge is -2.28. The van der Waals surface area contributed by atoms with Crippen molar-refractivity contribution in [3.8, 4) is 0 Å². The molecule has 0 radical (unpaired) electrons. The number of hydrogen-bond donors (Lipinski definition) is 3. The first-order valence-corrected chi connectivity index (χ1v) is 13.8. The van der Waals surface area contributed by atoms with Gasteiger partial charge < -0.3 is 25.8 Å². The first-order chi connectivity index (χ1) is 18.7. The van der Waals surface area contributed by atoms with Crippen LogP contribution in [0.4, 0.5) is 11.4 Å². The van der Waals surface area contributed by atoms with Gasteiger partial charge in [-0.3, -0.25) is 18.6 Å². The maximum Gasteiger partial charge on any atom is 0.249 e. The molecule has 0 fully saturated rings. The zero-order valence-corrected chi connectivity index (χ0v) is 22.7. The Hall–Kier alpha value is -4.02. The number of carbonyl (C=O) groups is 3. The van der Waals surface area contributed by atoms with Crippen molar-refractivity contribution in [2.45, 2.75) is 50.1 Å². The Morgan fingerprint density at radius 2 is 1.90 bits per heavy atom. The van der Waals surface area contributed by atoms with Gasteiger partial charge in [-0.1, -0.05) is 31.2 Å². The molecular weight excluding hydrogens is 516 g/mol. The largest absolute Gasteiger partial charge is 0.768 e. The van der Waals surface area contributed by atoms with Crippen molar-refractivity contribution in [3.63, 3.8) is 0 Å². The van der Waals surface area contributed by atoms with Crippen LogP contribution in [0.2, 0.25) is 0 Å². The van der Waals surface area contributed by atoms with Crippen LogP contribution in [0, 0.1) is 0 Å². The maximum atomic E-state index is 13.9. The molecule has 0 saturated carbocycles. The van der Waals surface area contributed by atoms with E-state index in [1.54, 1.807) is 43.4 Å². The molecule has 2 unspecified atom stereocenters. The Labute approximate surface area is 230 Å². The molecule has 0 aromatic heterocycles. The molecular formula is C29H31N4O5S-. The van der Waals surface area contributed by atoms with Crippen LogP contribution in [0.15, 0.2) is 65.6 Å². The third kappa shape index (κ3) is 6.71. The second-order valence-corrected chi connectivity index (χ2v) is 10.5. The van der Waals surface area contributed by atoms with Crippen LogP contribution in [0.1, 0.15) is 58.4 Å². The minimum absolute atomic E-state index is 0.00984. The highest BCUT2D eigenvalue weighted by molar-refractivity contribution is 7.79. The number of fused-ring (bicyclic) bond motifs is 9. The Bertz CT molecular complexity index is 1440. The SMILES string of the molecule is CCc1cc2ccc1CCCC(=O)Nc1ccc(S(=O)[O-])c(c1)CN(C)C(=O)C2Nc1cccc(C(N)=O)c1. The normalized spacial score (nSPS) is 17.0. The molecule has 10 heteroatoms. The number of amides is 3. The van der Waals surface area contributed by atoms with Gasteiger partial charge in [0.15, 0.2) is 0 Å². The molecule has 0 aliphatic carbocycles. The molecule has 3 amide bonds. The van der Waals surface area contributed by atoms with E-state index >= 15 is 0 Å². The number of nitrogens with zero attached hydrogens (tertiary/aromatic N) is 1. The standard InChI is InChI=1S/C29H32N4O5S/c1-3-18-14-20-11-10-19(18)6-5-9-26(34)31-24-12-13-25(39(37)38)22(16-24)17-33(2)29(36)27(20)32-23-8-4-7-21(15-23)28(30)35/h4,7-8,10-16,27,32H,3,5-6,9,17H2,1-2H3,(H2,30,35)(H,31,34)(H,37,38)/p-1. The Morgan fingerprint density at radius 1 is 1.10 bits per heavy atom. The molecule has 3 aromatic rings. The second kappa shape index (κ2) is 12.2. The predicted molar refractivity (Wildman–Crippen MR) is 149 cm³/mol. The van der Waals surface area contributed by atoms with Crippen LogP contribution < -0.4 is 16.4 Å². The van der Waals surface area contributed by atoms with Gasteiger partial charge in [0.25, 0.3) is 0 Å². The monoisotopic (exact) mass is 547 g/mol. The van der Waals surface area contributed by atoms with Gasteiger partial charge in [-0.15, -0.1) is 0 Å². The molecule has 4 N–H and O–H groups in total. The molecule has 204 valence electrons. The lowest BCUT2D eigenvalue weighted by molar-refractivity contribution is -0.131. The summed E-state index contributed by atoms with van der Waals surface area (Å²) in [4.78, 5) is 39.7. The highest BCUT2D eigenvalue weighted by atomic mass is 32.2. The number of nitrogens with one attached hydrogen (secondary N) is 2. The van der Waals surface area contributed by atoms with Crippen LogP contribution in [-0.4, -0.2) is 38.4 Å². The van der Waals surface area contributed by atoms with Crippen LogP contribution in [0.3, 0.4) is 0 Å². The zero-order chi connectivity index (χ0) is 28.1. The molecule has 4 bridgehead atoms.